The SMILES string of the molecule is CCOC(=O)CCCCCNCCn1ccnn1. The summed E-state index contributed by atoms with van der Waals surface area (Å²) in [4.78, 5) is 11.1. The smallest absolute Gasteiger partial charge is 0.305 e. The normalized spacial score (nSPS) is 10.5. The Morgan fingerprint density at radius 1 is 1.33 bits per heavy atom. The second-order valence-corrected chi connectivity index (χ2v) is 4.03. The van der Waals surface area contributed by atoms with Gasteiger partial charge in [0.05, 0.1) is 19.3 Å². The molecule has 18 heavy (non-hydrogen) atoms. The molecule has 1 N–H and O–H groups in total. The van der Waals surface area contributed by atoms with Crippen molar-refractivity contribution in [2.75, 3.05) is 19.7 Å². The van der Waals surface area contributed by atoms with Crippen molar-refractivity contribution in [3.63, 3.8) is 0 Å². The van der Waals surface area contributed by atoms with Crippen molar-refractivity contribution in [1.82, 2.24) is 20.3 Å². The van der Waals surface area contributed by atoms with E-state index in [9.17, 15) is 4.79 Å². The molecule has 6 heteroatoms. The summed E-state index contributed by atoms with van der Waals surface area (Å²) in [6.45, 7) is 5.00. The van der Waals surface area contributed by atoms with Gasteiger partial charge in [-0.15, -0.1) is 5.10 Å². The van der Waals surface area contributed by atoms with Gasteiger partial charge in [-0.3, -0.25) is 9.48 Å². The molecule has 1 rings (SSSR count). The number of unbranched alkanes of at least 4 members (excludes halogenated alkanes) is 2. The molecular weight excluding hydrogens is 232 g/mol. The van der Waals surface area contributed by atoms with E-state index in [1.807, 2.05) is 13.1 Å². The van der Waals surface area contributed by atoms with Crippen LogP contribution in [0.25, 0.3) is 0 Å². The van der Waals surface area contributed by atoms with Crippen LogP contribution in [-0.2, 0) is 16.1 Å². The molecule has 0 saturated carbocycles. The van der Waals surface area contributed by atoms with E-state index in [0.717, 1.165) is 38.9 Å². The average molecular weight is 254 g/mol. The van der Waals surface area contributed by atoms with E-state index in [-0.39, 0.29) is 5.97 Å². The molecule has 1 aromatic rings. The fraction of sp³-hybridized carbons (Fsp3) is 0.750. The minimum absolute atomic E-state index is 0.0864. The minimum atomic E-state index is -0.0864. The maximum atomic E-state index is 11.1. The van der Waals surface area contributed by atoms with Gasteiger partial charge in [0, 0.05) is 19.2 Å². The Hall–Kier alpha value is -1.43. The first-order chi connectivity index (χ1) is 8.83. The van der Waals surface area contributed by atoms with Gasteiger partial charge in [-0.05, 0) is 26.3 Å². The second-order valence-electron chi connectivity index (χ2n) is 4.03. The fourth-order valence-electron chi connectivity index (χ4n) is 1.60. The Balaban J connectivity index is 1.83. The van der Waals surface area contributed by atoms with Crippen molar-refractivity contribution in [1.29, 1.82) is 0 Å². The Morgan fingerprint density at radius 2 is 2.22 bits per heavy atom. The predicted octanol–water partition coefficient (Wildman–Crippen LogP) is 0.991. The molecule has 102 valence electrons. The van der Waals surface area contributed by atoms with E-state index in [0.29, 0.717) is 13.0 Å². The van der Waals surface area contributed by atoms with Crippen LogP contribution in [-0.4, -0.2) is 40.7 Å². The lowest BCUT2D eigenvalue weighted by Crippen LogP contribution is -2.21. The maximum Gasteiger partial charge on any atom is 0.305 e. The summed E-state index contributed by atoms with van der Waals surface area (Å²) in [7, 11) is 0. The molecular formula is C12H22N4O2. The van der Waals surface area contributed by atoms with E-state index in [1.54, 1.807) is 10.9 Å². The van der Waals surface area contributed by atoms with E-state index in [2.05, 4.69) is 15.6 Å². The molecule has 0 bridgehead atoms. The van der Waals surface area contributed by atoms with Crippen LogP contribution in [0.3, 0.4) is 0 Å². The lowest BCUT2D eigenvalue weighted by Gasteiger charge is -2.04. The van der Waals surface area contributed by atoms with E-state index >= 15 is 0 Å². The van der Waals surface area contributed by atoms with Crippen molar-refractivity contribution < 1.29 is 9.53 Å². The molecule has 0 fully saturated rings. The van der Waals surface area contributed by atoms with Crippen LogP contribution in [0.15, 0.2) is 12.4 Å². The highest BCUT2D eigenvalue weighted by molar-refractivity contribution is 5.69. The molecule has 0 aromatic carbocycles. The zero-order valence-electron chi connectivity index (χ0n) is 11.0. The number of carbonyl (C=O) groups excluding carboxylic acids is 1. The lowest BCUT2D eigenvalue weighted by molar-refractivity contribution is -0.143. The van der Waals surface area contributed by atoms with Crippen molar-refractivity contribution in [3.8, 4) is 0 Å². The van der Waals surface area contributed by atoms with Crippen molar-refractivity contribution >= 4 is 5.97 Å². The molecule has 0 aliphatic carbocycles. The number of ether oxygens (including phenoxy) is 1. The largest absolute Gasteiger partial charge is 0.466 e. The van der Waals surface area contributed by atoms with Crippen molar-refractivity contribution in [2.45, 2.75) is 39.2 Å². The van der Waals surface area contributed by atoms with Crippen LogP contribution < -0.4 is 5.32 Å². The summed E-state index contributed by atoms with van der Waals surface area (Å²) >= 11 is 0. The summed E-state index contributed by atoms with van der Waals surface area (Å²) < 4.78 is 6.66. The number of carbonyl (C=O) groups is 1. The average Bonchev–Trinajstić information content (AvgIpc) is 2.86. The topological polar surface area (TPSA) is 69.0 Å². The summed E-state index contributed by atoms with van der Waals surface area (Å²) in [6, 6.07) is 0. The number of esters is 1. The Bertz CT molecular complexity index is 314. The minimum Gasteiger partial charge on any atom is -0.466 e. The van der Waals surface area contributed by atoms with Gasteiger partial charge in [0.1, 0.15) is 0 Å². The zero-order chi connectivity index (χ0) is 13.1. The molecule has 0 radical (unpaired) electrons. The number of hydrogen-bond donors (Lipinski definition) is 1. The predicted molar refractivity (Wildman–Crippen MR) is 68.0 cm³/mol. The molecule has 1 heterocycles. The van der Waals surface area contributed by atoms with Gasteiger partial charge < -0.3 is 10.1 Å². The third-order valence-electron chi connectivity index (χ3n) is 2.53. The second kappa shape index (κ2) is 9.58. The van der Waals surface area contributed by atoms with E-state index < -0.39 is 0 Å². The molecule has 0 spiro atoms. The van der Waals surface area contributed by atoms with Crippen LogP contribution >= 0.6 is 0 Å². The first-order valence-corrected chi connectivity index (χ1v) is 6.53. The molecule has 0 saturated heterocycles. The molecule has 1 aromatic heterocycles. The van der Waals surface area contributed by atoms with E-state index in [4.69, 9.17) is 4.74 Å². The summed E-state index contributed by atoms with van der Waals surface area (Å²) in [5.41, 5.74) is 0. The summed E-state index contributed by atoms with van der Waals surface area (Å²) in [5.74, 6) is -0.0864. The first kappa shape index (κ1) is 14.6. The van der Waals surface area contributed by atoms with Gasteiger partial charge in [-0.25, -0.2) is 0 Å². The third-order valence-corrected chi connectivity index (χ3v) is 2.53. The first-order valence-electron chi connectivity index (χ1n) is 6.53. The molecule has 0 aliphatic heterocycles. The summed E-state index contributed by atoms with van der Waals surface area (Å²) in [6.07, 6.45) is 7.10. The number of aromatic nitrogens is 3. The Kier molecular flexibility index (Phi) is 7.79. The van der Waals surface area contributed by atoms with Crippen molar-refractivity contribution in [3.05, 3.63) is 12.4 Å². The number of nitrogens with zero attached hydrogens (tertiary/aromatic N) is 3. The van der Waals surface area contributed by atoms with Crippen LogP contribution in [0.4, 0.5) is 0 Å². The quantitative estimate of drug-likeness (QED) is 0.498. The van der Waals surface area contributed by atoms with Gasteiger partial charge in [0.2, 0.25) is 0 Å². The van der Waals surface area contributed by atoms with Gasteiger partial charge in [-0.2, -0.15) is 0 Å². The number of nitrogens with one attached hydrogen (secondary N) is 1. The highest BCUT2D eigenvalue weighted by Crippen LogP contribution is 2.00. The molecule has 6 nitrogen and oxygen atoms in total. The highest BCUT2D eigenvalue weighted by atomic mass is 16.5. The van der Waals surface area contributed by atoms with Crippen LogP contribution in [0.2, 0.25) is 0 Å². The van der Waals surface area contributed by atoms with Gasteiger partial charge in [0.15, 0.2) is 0 Å². The molecule has 0 aliphatic rings. The van der Waals surface area contributed by atoms with Gasteiger partial charge >= 0.3 is 5.97 Å². The number of rotatable bonds is 10. The lowest BCUT2D eigenvalue weighted by atomic mass is 10.2. The van der Waals surface area contributed by atoms with Crippen molar-refractivity contribution in [2.24, 2.45) is 0 Å². The number of hydrogen-bond acceptors (Lipinski definition) is 5. The molecule has 0 amide bonds. The maximum absolute atomic E-state index is 11.1. The third kappa shape index (κ3) is 7.01. The Morgan fingerprint density at radius 3 is 2.94 bits per heavy atom. The monoisotopic (exact) mass is 254 g/mol. The van der Waals surface area contributed by atoms with Gasteiger partial charge in [0.25, 0.3) is 0 Å². The molecule has 0 unspecified atom stereocenters. The van der Waals surface area contributed by atoms with Crippen LogP contribution in [0, 0.1) is 0 Å². The van der Waals surface area contributed by atoms with Gasteiger partial charge in [-0.1, -0.05) is 11.6 Å². The Labute approximate surface area is 108 Å². The standard InChI is InChI=1S/C12H22N4O2/c1-2-18-12(17)6-4-3-5-7-13-8-10-16-11-9-14-15-16/h9,11,13H,2-8,10H2,1H3. The zero-order valence-corrected chi connectivity index (χ0v) is 11.0. The highest BCUT2D eigenvalue weighted by Gasteiger charge is 2.00. The van der Waals surface area contributed by atoms with Crippen LogP contribution in [0.1, 0.15) is 32.6 Å². The van der Waals surface area contributed by atoms with E-state index in [1.165, 1.54) is 0 Å². The fourth-order valence-corrected chi connectivity index (χ4v) is 1.60. The van der Waals surface area contributed by atoms with Crippen LogP contribution in [0.5, 0.6) is 0 Å². The molecule has 0 atom stereocenters. The summed E-state index contributed by atoms with van der Waals surface area (Å²) in [5, 5.41) is 10.9.